The first-order valence-corrected chi connectivity index (χ1v) is 11.0. The summed E-state index contributed by atoms with van der Waals surface area (Å²) in [5.41, 5.74) is 1.75. The third-order valence-electron chi connectivity index (χ3n) is 7.12. The lowest BCUT2D eigenvalue weighted by atomic mass is 9.57. The van der Waals surface area contributed by atoms with Gasteiger partial charge in [-0.2, -0.15) is 10.4 Å². The number of hydrogen-bond acceptors (Lipinski definition) is 6. The molecule has 172 valence electrons. The van der Waals surface area contributed by atoms with Crippen molar-refractivity contribution in [2.24, 2.45) is 11.3 Å². The molecule has 3 heterocycles. The number of halogens is 1. The van der Waals surface area contributed by atoms with Crippen LogP contribution < -0.4 is 10.6 Å². The lowest BCUT2D eigenvalue weighted by Gasteiger charge is -2.52. The van der Waals surface area contributed by atoms with E-state index in [1.807, 2.05) is 0 Å². The number of nitriles is 1. The van der Waals surface area contributed by atoms with Crippen LogP contribution in [0.1, 0.15) is 40.7 Å². The van der Waals surface area contributed by atoms with Gasteiger partial charge in [0.1, 0.15) is 17.6 Å². The highest BCUT2D eigenvalue weighted by atomic mass is 19.1. The Morgan fingerprint density at radius 2 is 2.21 bits per heavy atom. The molecule has 2 amide bonds. The summed E-state index contributed by atoms with van der Waals surface area (Å²) < 4.78 is 15.4. The Hall–Kier alpha value is -3.29. The van der Waals surface area contributed by atoms with Crippen molar-refractivity contribution in [3.05, 3.63) is 46.5 Å². The normalized spacial score (nSPS) is 28.4. The molecular formula is C23H25FN6O3. The van der Waals surface area contributed by atoms with Crippen molar-refractivity contribution >= 4 is 17.5 Å². The molecular weight excluding hydrogens is 427 g/mol. The minimum atomic E-state index is -0.877. The van der Waals surface area contributed by atoms with E-state index in [2.05, 4.69) is 17.6 Å². The number of nitrogens with zero attached hydrogens (tertiary/aromatic N) is 4. The number of benzene rings is 1. The number of rotatable bonds is 2. The minimum Gasteiger partial charge on any atom is -0.392 e. The smallest absolute Gasteiger partial charge is 0.272 e. The third-order valence-corrected chi connectivity index (χ3v) is 7.12. The van der Waals surface area contributed by atoms with E-state index in [1.165, 1.54) is 12.1 Å². The molecule has 5 rings (SSSR count). The van der Waals surface area contributed by atoms with E-state index in [4.69, 9.17) is 10.4 Å². The van der Waals surface area contributed by atoms with Gasteiger partial charge in [0.2, 0.25) is 5.91 Å². The maximum absolute atomic E-state index is 13.7. The quantitative estimate of drug-likeness (QED) is 0.625. The Bertz CT molecular complexity index is 1200. The molecule has 1 aliphatic carbocycles. The summed E-state index contributed by atoms with van der Waals surface area (Å²) in [4.78, 5) is 28.1. The van der Waals surface area contributed by atoms with Gasteiger partial charge in [-0.05, 0) is 31.5 Å². The van der Waals surface area contributed by atoms with Gasteiger partial charge in [0.05, 0.1) is 29.8 Å². The van der Waals surface area contributed by atoms with Crippen molar-refractivity contribution < 1.29 is 19.1 Å². The largest absolute Gasteiger partial charge is 0.392 e. The van der Waals surface area contributed by atoms with Crippen LogP contribution in [0.25, 0.3) is 0 Å². The van der Waals surface area contributed by atoms with Crippen LogP contribution in [0.5, 0.6) is 0 Å². The summed E-state index contributed by atoms with van der Waals surface area (Å²) in [7, 11) is 1.71. The molecule has 2 aliphatic heterocycles. The van der Waals surface area contributed by atoms with E-state index in [-0.39, 0.29) is 23.2 Å². The number of hydrogen-bond donors (Lipinski definition) is 3. The van der Waals surface area contributed by atoms with E-state index >= 15 is 0 Å². The van der Waals surface area contributed by atoms with Gasteiger partial charge in [0.25, 0.3) is 5.91 Å². The average Bonchev–Trinajstić information content (AvgIpc) is 3.05. The van der Waals surface area contributed by atoms with Gasteiger partial charge in [-0.25, -0.2) is 4.39 Å². The predicted molar refractivity (Wildman–Crippen MR) is 115 cm³/mol. The number of aliphatic hydroxyl groups is 1. The van der Waals surface area contributed by atoms with Crippen LogP contribution in [-0.4, -0.2) is 57.3 Å². The van der Waals surface area contributed by atoms with Crippen LogP contribution >= 0.6 is 0 Å². The standard InChI is InChI=1S/C23H25FN6O3/c1-12-5-17-15(9-26-12)20-22(33)29(2)10-23(11-30(20)28-17)7-18(31)19(23)21(32)27-14-3-4-16(24)13(6-14)8-25/h3-4,6,12,18-19,26,31H,5,7,9-11H2,1-2H3,(H,27,32). The molecule has 3 aliphatic rings. The van der Waals surface area contributed by atoms with E-state index < -0.39 is 29.2 Å². The molecule has 2 aromatic rings. The monoisotopic (exact) mass is 452 g/mol. The zero-order valence-electron chi connectivity index (χ0n) is 18.4. The molecule has 1 aromatic carbocycles. The molecule has 10 heteroatoms. The molecule has 0 radical (unpaired) electrons. The first kappa shape index (κ1) is 21.6. The molecule has 3 N–H and O–H groups in total. The molecule has 1 aromatic heterocycles. The summed E-state index contributed by atoms with van der Waals surface area (Å²) in [6.45, 7) is 3.27. The molecule has 0 bridgehead atoms. The molecule has 33 heavy (non-hydrogen) atoms. The Labute approximate surface area is 190 Å². The van der Waals surface area contributed by atoms with Gasteiger partial charge >= 0.3 is 0 Å². The molecule has 1 saturated carbocycles. The molecule has 1 fully saturated rings. The summed E-state index contributed by atoms with van der Waals surface area (Å²) in [5, 5.41) is 30.5. The van der Waals surface area contributed by atoms with Gasteiger partial charge in [0.15, 0.2) is 0 Å². The van der Waals surface area contributed by atoms with Gasteiger partial charge in [-0.15, -0.1) is 0 Å². The van der Waals surface area contributed by atoms with Crippen molar-refractivity contribution in [3.63, 3.8) is 0 Å². The van der Waals surface area contributed by atoms with Crippen molar-refractivity contribution in [1.82, 2.24) is 20.0 Å². The van der Waals surface area contributed by atoms with Gasteiger partial charge in [0, 0.05) is 49.3 Å². The number of nitrogens with one attached hydrogen (secondary N) is 2. The Morgan fingerprint density at radius 1 is 1.42 bits per heavy atom. The zero-order chi connectivity index (χ0) is 23.5. The second-order valence-electron chi connectivity index (χ2n) is 9.49. The van der Waals surface area contributed by atoms with Crippen molar-refractivity contribution in [2.45, 2.75) is 45.0 Å². The summed E-state index contributed by atoms with van der Waals surface area (Å²) in [6, 6.07) is 5.78. The summed E-state index contributed by atoms with van der Waals surface area (Å²) in [5.74, 6) is -2.03. The predicted octanol–water partition coefficient (Wildman–Crippen LogP) is 1.02. The zero-order valence-corrected chi connectivity index (χ0v) is 18.4. The van der Waals surface area contributed by atoms with Crippen molar-refractivity contribution in [1.29, 1.82) is 5.26 Å². The number of fused-ring (bicyclic) bond motifs is 3. The SMILES string of the molecule is CC1Cc2nn3c(c2CN1)C(=O)N(C)CC1(CC(O)C1C(=O)Nc1ccc(F)c(C#N)c1)C3. The second kappa shape index (κ2) is 7.64. The first-order valence-electron chi connectivity index (χ1n) is 11.0. The summed E-state index contributed by atoms with van der Waals surface area (Å²) >= 11 is 0. The number of aliphatic hydroxyl groups excluding tert-OH is 1. The van der Waals surface area contributed by atoms with Gasteiger partial charge in [-0.3, -0.25) is 14.3 Å². The fraction of sp³-hybridized carbons (Fsp3) is 0.478. The van der Waals surface area contributed by atoms with Gasteiger partial charge < -0.3 is 20.6 Å². The number of carbonyl (C=O) groups is 2. The third kappa shape index (κ3) is 3.39. The van der Waals surface area contributed by atoms with Crippen LogP contribution in [0.15, 0.2) is 18.2 Å². The first-order chi connectivity index (χ1) is 15.7. The van der Waals surface area contributed by atoms with Crippen LogP contribution in [0.3, 0.4) is 0 Å². The molecule has 1 spiro atoms. The highest BCUT2D eigenvalue weighted by molar-refractivity contribution is 5.96. The summed E-state index contributed by atoms with van der Waals surface area (Å²) in [6.07, 6.45) is 0.198. The van der Waals surface area contributed by atoms with Crippen LogP contribution in [0.2, 0.25) is 0 Å². The Morgan fingerprint density at radius 3 is 2.94 bits per heavy atom. The second-order valence-corrected chi connectivity index (χ2v) is 9.49. The number of aromatic nitrogens is 2. The molecule has 0 saturated heterocycles. The highest BCUT2D eigenvalue weighted by Crippen LogP contribution is 2.50. The van der Waals surface area contributed by atoms with Gasteiger partial charge in [-0.1, -0.05) is 0 Å². The van der Waals surface area contributed by atoms with Crippen LogP contribution in [-0.2, 0) is 24.3 Å². The fourth-order valence-electron chi connectivity index (χ4n) is 5.56. The lowest BCUT2D eigenvalue weighted by Crippen LogP contribution is -2.62. The average molecular weight is 452 g/mol. The highest BCUT2D eigenvalue weighted by Gasteiger charge is 2.59. The number of anilines is 1. The number of carbonyl (C=O) groups excluding carboxylic acids is 2. The molecule has 4 unspecified atom stereocenters. The van der Waals surface area contributed by atoms with E-state index in [1.54, 1.807) is 22.7 Å². The molecule has 9 nitrogen and oxygen atoms in total. The maximum Gasteiger partial charge on any atom is 0.272 e. The Balaban J connectivity index is 1.46. The van der Waals surface area contributed by atoms with Crippen LogP contribution in [0.4, 0.5) is 10.1 Å². The maximum atomic E-state index is 13.7. The van der Waals surface area contributed by atoms with Crippen LogP contribution in [0, 0.1) is 28.5 Å². The fourth-order valence-corrected chi connectivity index (χ4v) is 5.56. The number of amides is 2. The molecule has 4 atom stereocenters. The van der Waals surface area contributed by atoms with E-state index in [9.17, 15) is 19.1 Å². The van der Waals surface area contributed by atoms with Crippen molar-refractivity contribution in [3.8, 4) is 6.07 Å². The Kier molecular flexibility index (Phi) is 4.99. The topological polar surface area (TPSA) is 123 Å². The van der Waals surface area contributed by atoms with E-state index in [0.29, 0.717) is 31.7 Å². The van der Waals surface area contributed by atoms with Crippen molar-refractivity contribution in [2.75, 3.05) is 18.9 Å². The minimum absolute atomic E-state index is 0.144. The van der Waals surface area contributed by atoms with E-state index in [0.717, 1.165) is 23.7 Å². The lowest BCUT2D eigenvalue weighted by molar-refractivity contribution is -0.156.